The lowest BCUT2D eigenvalue weighted by Crippen LogP contribution is -2.55. The molecule has 0 aromatic heterocycles. The highest BCUT2D eigenvalue weighted by Crippen LogP contribution is 2.73. The van der Waals surface area contributed by atoms with Gasteiger partial charge in [0.05, 0.1) is 25.2 Å². The van der Waals surface area contributed by atoms with Gasteiger partial charge in [-0.25, -0.2) is 0 Å². The van der Waals surface area contributed by atoms with Crippen molar-refractivity contribution in [1.29, 1.82) is 0 Å². The third-order valence-corrected chi connectivity index (χ3v) is 9.20. The van der Waals surface area contributed by atoms with Crippen LogP contribution in [0.1, 0.15) is 65.7 Å². The molecule has 4 aliphatic carbocycles. The van der Waals surface area contributed by atoms with Gasteiger partial charge in [0.2, 0.25) is 0 Å². The van der Waals surface area contributed by atoms with E-state index < -0.39 is 11.0 Å². The molecule has 28 heavy (non-hydrogen) atoms. The highest BCUT2D eigenvalue weighted by molar-refractivity contribution is 5.77. The highest BCUT2D eigenvalue weighted by atomic mass is 16.6. The molecule has 5 nitrogen and oxygen atoms in total. The molecule has 1 heterocycles. The summed E-state index contributed by atoms with van der Waals surface area (Å²) in [7, 11) is 1.51. The van der Waals surface area contributed by atoms with Crippen LogP contribution in [-0.2, 0) is 23.8 Å². The van der Waals surface area contributed by atoms with Crippen LogP contribution in [0, 0.1) is 28.1 Å². The number of esters is 2. The fourth-order valence-corrected chi connectivity index (χ4v) is 8.30. The minimum Gasteiger partial charge on any atom is -0.469 e. The molecule has 0 radical (unpaired) electrons. The van der Waals surface area contributed by atoms with Gasteiger partial charge in [-0.2, -0.15) is 0 Å². The van der Waals surface area contributed by atoms with Crippen LogP contribution in [-0.4, -0.2) is 37.4 Å². The van der Waals surface area contributed by atoms with E-state index in [1.165, 1.54) is 19.6 Å². The van der Waals surface area contributed by atoms with Gasteiger partial charge in [-0.1, -0.05) is 25.0 Å². The van der Waals surface area contributed by atoms with Crippen molar-refractivity contribution in [2.75, 3.05) is 13.7 Å². The Morgan fingerprint density at radius 2 is 2.00 bits per heavy atom. The zero-order valence-electron chi connectivity index (χ0n) is 17.5. The number of methoxy groups -OCH3 is 1. The van der Waals surface area contributed by atoms with E-state index in [0.29, 0.717) is 12.5 Å². The summed E-state index contributed by atoms with van der Waals surface area (Å²) < 4.78 is 17.3. The molecule has 0 aromatic rings. The Hall–Kier alpha value is -1.36. The summed E-state index contributed by atoms with van der Waals surface area (Å²) in [5.41, 5.74) is 0.683. The van der Waals surface area contributed by atoms with Gasteiger partial charge in [-0.05, 0) is 62.2 Å². The summed E-state index contributed by atoms with van der Waals surface area (Å²) in [6, 6.07) is 0. The fourth-order valence-electron chi connectivity index (χ4n) is 8.30. The van der Waals surface area contributed by atoms with Crippen molar-refractivity contribution < 1.29 is 23.8 Å². The first-order valence-electron chi connectivity index (χ1n) is 10.8. The van der Waals surface area contributed by atoms with E-state index in [2.05, 4.69) is 19.9 Å². The number of carbonyl (C=O) groups excluding carboxylic acids is 2. The van der Waals surface area contributed by atoms with E-state index in [-0.39, 0.29) is 34.8 Å². The number of allylic oxidation sites excluding steroid dienone is 1. The normalized spacial score (nSPS) is 51.0. The molecule has 0 amide bonds. The Kier molecular flexibility index (Phi) is 3.74. The second-order valence-electron chi connectivity index (χ2n) is 10.6. The third-order valence-electron chi connectivity index (χ3n) is 9.20. The fraction of sp³-hybridized carbons (Fsp3) is 0.826. The quantitative estimate of drug-likeness (QED) is 0.532. The first kappa shape index (κ1) is 18.7. The van der Waals surface area contributed by atoms with Gasteiger partial charge in [-0.15, -0.1) is 0 Å². The van der Waals surface area contributed by atoms with Gasteiger partial charge in [0.1, 0.15) is 5.60 Å². The van der Waals surface area contributed by atoms with Crippen LogP contribution >= 0.6 is 0 Å². The molecule has 0 N–H and O–H groups in total. The number of hydrogen-bond donors (Lipinski definition) is 0. The topological polar surface area (TPSA) is 61.8 Å². The SMILES string of the molecule is COC(=O)[C@]1(C)CCC[C@@]2(C)C3=C[C@H]4OC[C@@]5(OC(C)=O)C[C@]3(CC[C@H]12)C[C@@H]45. The average molecular weight is 389 g/mol. The molecule has 1 saturated heterocycles. The molecular weight excluding hydrogens is 356 g/mol. The van der Waals surface area contributed by atoms with E-state index >= 15 is 0 Å². The molecule has 3 saturated carbocycles. The summed E-state index contributed by atoms with van der Waals surface area (Å²) in [5, 5.41) is 0. The maximum Gasteiger partial charge on any atom is 0.311 e. The van der Waals surface area contributed by atoms with E-state index in [1.807, 2.05) is 0 Å². The van der Waals surface area contributed by atoms with Gasteiger partial charge in [0.25, 0.3) is 0 Å². The van der Waals surface area contributed by atoms with Gasteiger partial charge < -0.3 is 14.2 Å². The summed E-state index contributed by atoms with van der Waals surface area (Å²) >= 11 is 0. The lowest BCUT2D eigenvalue weighted by atomic mass is 9.44. The van der Waals surface area contributed by atoms with Crippen molar-refractivity contribution in [3.63, 3.8) is 0 Å². The predicted octanol–water partition coefficient (Wildman–Crippen LogP) is 3.80. The Morgan fingerprint density at radius 3 is 2.71 bits per heavy atom. The largest absolute Gasteiger partial charge is 0.469 e. The summed E-state index contributed by atoms with van der Waals surface area (Å²) in [6.07, 6.45) is 9.49. The molecular formula is C23H32O5. The van der Waals surface area contributed by atoms with Gasteiger partial charge >= 0.3 is 11.9 Å². The van der Waals surface area contributed by atoms with Gasteiger partial charge in [0, 0.05) is 12.8 Å². The van der Waals surface area contributed by atoms with Gasteiger partial charge in [0.15, 0.2) is 0 Å². The first-order valence-corrected chi connectivity index (χ1v) is 10.8. The third kappa shape index (κ3) is 2.12. The zero-order valence-corrected chi connectivity index (χ0v) is 17.5. The molecule has 2 bridgehead atoms. The van der Waals surface area contributed by atoms with Crippen LogP contribution in [0.25, 0.3) is 0 Å². The first-order chi connectivity index (χ1) is 13.2. The maximum atomic E-state index is 12.8. The number of rotatable bonds is 2. The molecule has 5 aliphatic rings. The van der Waals surface area contributed by atoms with Crippen molar-refractivity contribution >= 4 is 11.9 Å². The Morgan fingerprint density at radius 1 is 1.21 bits per heavy atom. The monoisotopic (exact) mass is 388 g/mol. The lowest BCUT2D eigenvalue weighted by Gasteiger charge is -2.60. The van der Waals surface area contributed by atoms with Crippen LogP contribution in [0.3, 0.4) is 0 Å². The standard InChI is InChI=1S/C23H32O5/c1-14(24)28-23-12-22-9-6-17-20(2,7-5-8-21(17,3)19(25)26-4)18(22)10-16(27-13-23)15(23)11-22/h10,15-17H,5-9,11-13H2,1-4H3/t15-,16+,17-,20+,21+,22-,23-/m0/s1. The van der Waals surface area contributed by atoms with Crippen LogP contribution in [0.15, 0.2) is 11.6 Å². The van der Waals surface area contributed by atoms with Crippen molar-refractivity contribution in [2.45, 2.75) is 77.4 Å². The molecule has 7 atom stereocenters. The lowest BCUT2D eigenvalue weighted by molar-refractivity contribution is -0.167. The van der Waals surface area contributed by atoms with E-state index in [4.69, 9.17) is 14.2 Å². The molecule has 1 spiro atoms. The average Bonchev–Trinajstić information content (AvgIpc) is 3.07. The smallest absolute Gasteiger partial charge is 0.311 e. The van der Waals surface area contributed by atoms with E-state index in [0.717, 1.165) is 44.9 Å². The van der Waals surface area contributed by atoms with Crippen molar-refractivity contribution in [2.24, 2.45) is 28.1 Å². The summed E-state index contributed by atoms with van der Waals surface area (Å²) in [4.78, 5) is 24.6. The van der Waals surface area contributed by atoms with Crippen LogP contribution < -0.4 is 0 Å². The van der Waals surface area contributed by atoms with Crippen LogP contribution in [0.4, 0.5) is 0 Å². The summed E-state index contributed by atoms with van der Waals surface area (Å²) in [6.45, 7) is 6.52. The molecule has 4 fully saturated rings. The summed E-state index contributed by atoms with van der Waals surface area (Å²) in [5.74, 6) is 0.300. The molecule has 0 aromatic carbocycles. The van der Waals surface area contributed by atoms with Gasteiger partial charge in [-0.3, -0.25) is 9.59 Å². The molecule has 1 aliphatic heterocycles. The highest BCUT2D eigenvalue weighted by Gasteiger charge is 2.70. The maximum absolute atomic E-state index is 12.8. The van der Waals surface area contributed by atoms with E-state index in [1.54, 1.807) is 0 Å². The molecule has 5 rings (SSSR count). The predicted molar refractivity (Wildman–Crippen MR) is 102 cm³/mol. The molecule has 0 unspecified atom stereocenters. The van der Waals surface area contributed by atoms with Crippen molar-refractivity contribution in [3.05, 3.63) is 11.6 Å². The number of carbonyl (C=O) groups is 2. The Labute approximate surface area is 167 Å². The Bertz CT molecular complexity index is 773. The number of ether oxygens (including phenoxy) is 3. The van der Waals surface area contributed by atoms with E-state index in [9.17, 15) is 9.59 Å². The second kappa shape index (κ2) is 5.62. The minimum atomic E-state index is -0.460. The van der Waals surface area contributed by atoms with Crippen molar-refractivity contribution in [1.82, 2.24) is 0 Å². The minimum absolute atomic E-state index is 0.0182. The second-order valence-corrected chi connectivity index (χ2v) is 10.6. The number of fused-ring (bicyclic) bond motifs is 2. The molecule has 154 valence electrons. The molecule has 5 heteroatoms. The van der Waals surface area contributed by atoms with Crippen LogP contribution in [0.2, 0.25) is 0 Å². The van der Waals surface area contributed by atoms with Crippen LogP contribution in [0.5, 0.6) is 0 Å². The number of hydrogen-bond acceptors (Lipinski definition) is 5. The Balaban J connectivity index is 1.57. The van der Waals surface area contributed by atoms with Crippen molar-refractivity contribution in [3.8, 4) is 0 Å². The zero-order chi connectivity index (χ0) is 19.9.